The number of rotatable bonds is 3. The molecule has 0 spiro atoms. The number of allylic oxidation sites excluding steroid dienone is 3. The van der Waals surface area contributed by atoms with Crippen molar-refractivity contribution in [2.75, 3.05) is 12.4 Å². The number of anilines is 1. The molecule has 2 heterocycles. The number of nitrogens with one attached hydrogen (secondary N) is 1. The van der Waals surface area contributed by atoms with E-state index in [0.717, 1.165) is 52.6 Å². The SMILES string of the molecule is COc1cccc2c1-c1ccc3c(c1C(C1(c4ccccc4Cl)CC=CCC1)O2)C(C)=CC(C)(C)N3. The molecule has 3 aromatic carbocycles. The molecular formula is C32H32ClNO2. The molecule has 4 heteroatoms. The van der Waals surface area contributed by atoms with Crippen molar-refractivity contribution in [2.45, 2.75) is 57.1 Å². The molecule has 0 saturated heterocycles. The van der Waals surface area contributed by atoms with Crippen molar-refractivity contribution in [1.29, 1.82) is 0 Å². The van der Waals surface area contributed by atoms with Crippen molar-refractivity contribution in [2.24, 2.45) is 0 Å². The summed E-state index contributed by atoms with van der Waals surface area (Å²) in [5.41, 5.74) is 7.78. The van der Waals surface area contributed by atoms with Gasteiger partial charge in [0.2, 0.25) is 0 Å². The second-order valence-electron chi connectivity index (χ2n) is 10.8. The Morgan fingerprint density at radius 3 is 2.58 bits per heavy atom. The van der Waals surface area contributed by atoms with Gasteiger partial charge in [-0.05, 0) is 81.0 Å². The van der Waals surface area contributed by atoms with Crippen molar-refractivity contribution in [3.63, 3.8) is 0 Å². The molecule has 1 N–H and O–H groups in total. The normalized spacial score (nSPS) is 23.4. The molecule has 36 heavy (non-hydrogen) atoms. The van der Waals surface area contributed by atoms with Crippen LogP contribution < -0.4 is 14.8 Å². The minimum atomic E-state index is -0.301. The van der Waals surface area contributed by atoms with Crippen LogP contribution in [0.4, 0.5) is 5.69 Å². The molecular weight excluding hydrogens is 466 g/mol. The summed E-state index contributed by atoms with van der Waals surface area (Å²) in [4.78, 5) is 0. The highest BCUT2D eigenvalue weighted by molar-refractivity contribution is 6.31. The van der Waals surface area contributed by atoms with Gasteiger partial charge in [0.05, 0.1) is 18.2 Å². The van der Waals surface area contributed by atoms with E-state index in [0.29, 0.717) is 0 Å². The monoisotopic (exact) mass is 497 g/mol. The molecule has 2 aliphatic heterocycles. The highest BCUT2D eigenvalue weighted by Gasteiger charge is 2.48. The van der Waals surface area contributed by atoms with Gasteiger partial charge < -0.3 is 14.8 Å². The van der Waals surface area contributed by atoms with Crippen molar-refractivity contribution in [3.8, 4) is 22.6 Å². The quantitative estimate of drug-likeness (QED) is 0.367. The largest absolute Gasteiger partial charge is 0.496 e. The van der Waals surface area contributed by atoms with Gasteiger partial charge in [-0.1, -0.05) is 60.2 Å². The Kier molecular flexibility index (Phi) is 5.46. The first-order valence-corrected chi connectivity index (χ1v) is 13.1. The maximum atomic E-state index is 7.09. The summed E-state index contributed by atoms with van der Waals surface area (Å²) in [5, 5.41) is 4.55. The lowest BCUT2D eigenvalue weighted by molar-refractivity contribution is 0.0926. The first kappa shape index (κ1) is 23.2. The number of methoxy groups -OCH3 is 1. The maximum absolute atomic E-state index is 7.09. The third kappa shape index (κ3) is 3.48. The first-order chi connectivity index (χ1) is 17.3. The predicted octanol–water partition coefficient (Wildman–Crippen LogP) is 8.73. The molecule has 0 bridgehead atoms. The van der Waals surface area contributed by atoms with Crippen LogP contribution in [-0.2, 0) is 5.41 Å². The van der Waals surface area contributed by atoms with Crippen LogP contribution in [0.15, 0.2) is 72.8 Å². The fourth-order valence-electron chi connectivity index (χ4n) is 6.60. The summed E-state index contributed by atoms with van der Waals surface area (Å²) in [6.07, 6.45) is 9.52. The zero-order valence-electron chi connectivity index (χ0n) is 21.3. The van der Waals surface area contributed by atoms with Gasteiger partial charge in [0.15, 0.2) is 0 Å². The van der Waals surface area contributed by atoms with Crippen molar-refractivity contribution in [3.05, 3.63) is 94.5 Å². The van der Waals surface area contributed by atoms with E-state index in [1.54, 1.807) is 7.11 Å². The van der Waals surface area contributed by atoms with Gasteiger partial charge in [-0.2, -0.15) is 0 Å². The fourth-order valence-corrected chi connectivity index (χ4v) is 6.92. The third-order valence-corrected chi connectivity index (χ3v) is 8.31. The Balaban J connectivity index is 1.69. The number of fused-ring (bicyclic) bond motifs is 5. The smallest absolute Gasteiger partial charge is 0.135 e. The number of hydrogen-bond donors (Lipinski definition) is 1. The number of halogens is 1. The Hall–Kier alpha value is -3.17. The molecule has 0 radical (unpaired) electrons. The molecule has 1 aliphatic carbocycles. The minimum absolute atomic E-state index is 0.125. The van der Waals surface area contributed by atoms with Crippen molar-refractivity contribution >= 4 is 22.9 Å². The maximum Gasteiger partial charge on any atom is 0.135 e. The van der Waals surface area contributed by atoms with Gasteiger partial charge in [0.25, 0.3) is 0 Å². The van der Waals surface area contributed by atoms with Gasteiger partial charge >= 0.3 is 0 Å². The number of ether oxygens (including phenoxy) is 2. The van der Waals surface area contributed by atoms with Crippen LogP contribution in [0.25, 0.3) is 16.7 Å². The summed E-state index contributed by atoms with van der Waals surface area (Å²) >= 11 is 6.93. The van der Waals surface area contributed by atoms with Crippen molar-refractivity contribution < 1.29 is 9.47 Å². The highest BCUT2D eigenvalue weighted by atomic mass is 35.5. The molecule has 0 saturated carbocycles. The lowest BCUT2D eigenvalue weighted by atomic mass is 9.63. The Morgan fingerprint density at radius 2 is 1.83 bits per heavy atom. The molecule has 0 amide bonds. The molecule has 3 aliphatic rings. The lowest BCUT2D eigenvalue weighted by Gasteiger charge is -2.47. The minimum Gasteiger partial charge on any atom is -0.496 e. The number of hydrogen-bond acceptors (Lipinski definition) is 3. The van der Waals surface area contributed by atoms with E-state index in [1.165, 1.54) is 22.3 Å². The zero-order chi connectivity index (χ0) is 25.1. The predicted molar refractivity (Wildman–Crippen MR) is 149 cm³/mol. The van der Waals surface area contributed by atoms with Crippen LogP contribution in [0.5, 0.6) is 11.5 Å². The molecule has 3 aromatic rings. The standard InChI is InChI=1S/C32H32ClNO2/c1-20-19-31(2,3)34-24-16-15-21-28-25(35-4)13-10-14-26(28)36-30(29(21)27(20)24)32(17-8-5-9-18-32)22-11-6-7-12-23(22)33/h5-8,10-16,19,30,34H,9,17-18H2,1-4H3. The summed E-state index contributed by atoms with van der Waals surface area (Å²) in [6, 6.07) is 18.8. The Labute approximate surface area is 218 Å². The summed E-state index contributed by atoms with van der Waals surface area (Å²) in [7, 11) is 1.73. The summed E-state index contributed by atoms with van der Waals surface area (Å²) < 4.78 is 12.9. The summed E-state index contributed by atoms with van der Waals surface area (Å²) in [5.74, 6) is 1.69. The van der Waals surface area contributed by atoms with E-state index in [2.05, 4.69) is 74.6 Å². The Bertz CT molecular complexity index is 1420. The number of benzene rings is 3. The van der Waals surface area contributed by atoms with Crippen LogP contribution >= 0.6 is 11.6 Å². The van der Waals surface area contributed by atoms with Gasteiger partial charge in [0, 0.05) is 27.3 Å². The average Bonchev–Trinajstić information content (AvgIpc) is 2.87. The molecule has 2 atom stereocenters. The molecule has 2 unspecified atom stereocenters. The summed E-state index contributed by atoms with van der Waals surface area (Å²) in [6.45, 7) is 6.64. The fraction of sp³-hybridized carbons (Fsp3) is 0.312. The van der Waals surface area contributed by atoms with Gasteiger partial charge in [-0.3, -0.25) is 0 Å². The van der Waals surface area contributed by atoms with Crippen LogP contribution in [0, 0.1) is 0 Å². The van der Waals surface area contributed by atoms with Gasteiger partial charge in [-0.15, -0.1) is 0 Å². The van der Waals surface area contributed by atoms with E-state index in [-0.39, 0.29) is 17.1 Å². The average molecular weight is 498 g/mol. The second kappa shape index (κ2) is 8.45. The van der Waals surface area contributed by atoms with Crippen molar-refractivity contribution in [1.82, 2.24) is 0 Å². The first-order valence-electron chi connectivity index (χ1n) is 12.7. The zero-order valence-corrected chi connectivity index (χ0v) is 22.1. The molecule has 0 aromatic heterocycles. The van der Waals surface area contributed by atoms with E-state index < -0.39 is 0 Å². The van der Waals surface area contributed by atoms with Crippen LogP contribution in [0.2, 0.25) is 5.02 Å². The second-order valence-corrected chi connectivity index (χ2v) is 11.2. The van der Waals surface area contributed by atoms with E-state index in [4.69, 9.17) is 21.1 Å². The molecule has 184 valence electrons. The molecule has 6 rings (SSSR count). The van der Waals surface area contributed by atoms with Gasteiger partial charge in [0.1, 0.15) is 17.6 Å². The van der Waals surface area contributed by atoms with E-state index in [1.807, 2.05) is 24.3 Å². The van der Waals surface area contributed by atoms with E-state index in [9.17, 15) is 0 Å². The van der Waals surface area contributed by atoms with Gasteiger partial charge in [-0.25, -0.2) is 0 Å². The van der Waals surface area contributed by atoms with Crippen LogP contribution in [0.1, 0.15) is 62.8 Å². The van der Waals surface area contributed by atoms with Crippen LogP contribution in [0.3, 0.4) is 0 Å². The lowest BCUT2D eigenvalue weighted by Crippen LogP contribution is -2.41. The Morgan fingerprint density at radius 1 is 1.00 bits per heavy atom. The molecule has 3 nitrogen and oxygen atoms in total. The third-order valence-electron chi connectivity index (χ3n) is 7.98. The highest BCUT2D eigenvalue weighted by Crippen LogP contribution is 2.59. The van der Waals surface area contributed by atoms with E-state index >= 15 is 0 Å². The molecule has 0 fully saturated rings. The van der Waals surface area contributed by atoms with Crippen LogP contribution in [-0.4, -0.2) is 12.6 Å². The topological polar surface area (TPSA) is 30.5 Å².